The lowest BCUT2D eigenvalue weighted by Gasteiger charge is -2.18. The molecular formula is C10H7ClN4O2S. The standard InChI is InChI=1S/C10H7ClN4O2S/c11-7-2-1-3-8-9(7)18(16,17)14-10(13-8)15-5-4-12-6-15/h1-6H,(H,13,14). The lowest BCUT2D eigenvalue weighted by atomic mass is 10.3. The van der Waals surface area contributed by atoms with Crippen LogP contribution in [0, 0.1) is 0 Å². The third kappa shape index (κ3) is 1.68. The van der Waals surface area contributed by atoms with Gasteiger partial charge in [-0.3, -0.25) is 4.57 Å². The summed E-state index contributed by atoms with van der Waals surface area (Å²) in [5.74, 6) is 0.169. The number of anilines is 1. The van der Waals surface area contributed by atoms with Gasteiger partial charge in [0.05, 0.1) is 10.7 Å². The number of nitrogens with one attached hydrogen (secondary N) is 1. The van der Waals surface area contributed by atoms with Crippen LogP contribution in [0.15, 0.2) is 46.2 Å². The van der Waals surface area contributed by atoms with E-state index in [0.29, 0.717) is 5.69 Å². The largest absolute Gasteiger partial charge is 0.323 e. The Morgan fingerprint density at radius 1 is 1.33 bits per heavy atom. The van der Waals surface area contributed by atoms with Gasteiger partial charge in [-0.2, -0.15) is 8.42 Å². The predicted molar refractivity (Wildman–Crippen MR) is 67.3 cm³/mol. The third-order valence-corrected chi connectivity index (χ3v) is 4.22. The van der Waals surface area contributed by atoms with Crippen molar-refractivity contribution in [3.8, 4) is 0 Å². The molecule has 1 aliphatic heterocycles. The van der Waals surface area contributed by atoms with Crippen molar-refractivity contribution in [3.05, 3.63) is 41.9 Å². The molecule has 1 aromatic heterocycles. The van der Waals surface area contributed by atoms with E-state index in [1.807, 2.05) is 0 Å². The molecule has 0 saturated heterocycles. The van der Waals surface area contributed by atoms with Crippen LogP contribution in [0.2, 0.25) is 5.02 Å². The minimum absolute atomic E-state index is 0.00414. The van der Waals surface area contributed by atoms with Crippen molar-refractivity contribution < 1.29 is 8.42 Å². The van der Waals surface area contributed by atoms with Gasteiger partial charge in [0.15, 0.2) is 0 Å². The van der Waals surface area contributed by atoms with Gasteiger partial charge in [0.1, 0.15) is 11.2 Å². The number of halogens is 1. The zero-order valence-corrected chi connectivity index (χ0v) is 10.5. The van der Waals surface area contributed by atoms with Gasteiger partial charge >= 0.3 is 0 Å². The summed E-state index contributed by atoms with van der Waals surface area (Å²) >= 11 is 5.89. The topological polar surface area (TPSA) is 76.3 Å². The molecule has 6 nitrogen and oxygen atoms in total. The molecule has 2 aromatic rings. The molecule has 1 aliphatic rings. The van der Waals surface area contributed by atoms with Gasteiger partial charge < -0.3 is 5.32 Å². The van der Waals surface area contributed by atoms with E-state index < -0.39 is 10.0 Å². The maximum absolute atomic E-state index is 12.1. The molecule has 18 heavy (non-hydrogen) atoms. The Morgan fingerprint density at radius 2 is 2.17 bits per heavy atom. The molecule has 1 aromatic carbocycles. The number of nitrogens with zero attached hydrogens (tertiary/aromatic N) is 3. The summed E-state index contributed by atoms with van der Waals surface area (Å²) in [6.45, 7) is 0. The Kier molecular flexibility index (Phi) is 2.39. The maximum Gasteiger partial charge on any atom is 0.289 e. The summed E-state index contributed by atoms with van der Waals surface area (Å²) in [6.07, 6.45) is 4.58. The lowest BCUT2D eigenvalue weighted by Crippen LogP contribution is -2.27. The van der Waals surface area contributed by atoms with E-state index in [2.05, 4.69) is 14.7 Å². The van der Waals surface area contributed by atoms with Gasteiger partial charge in [0.2, 0.25) is 5.96 Å². The van der Waals surface area contributed by atoms with Crippen LogP contribution in [0.5, 0.6) is 0 Å². The molecule has 8 heteroatoms. The van der Waals surface area contributed by atoms with Crippen LogP contribution in [0.25, 0.3) is 0 Å². The maximum atomic E-state index is 12.1. The highest BCUT2D eigenvalue weighted by Crippen LogP contribution is 2.33. The average Bonchev–Trinajstić information content (AvgIpc) is 2.80. The molecule has 0 fully saturated rings. The van der Waals surface area contributed by atoms with Crippen molar-refractivity contribution in [2.45, 2.75) is 4.90 Å². The molecular weight excluding hydrogens is 276 g/mol. The molecule has 0 atom stereocenters. The fraction of sp³-hybridized carbons (Fsp3) is 0. The smallest absolute Gasteiger partial charge is 0.289 e. The van der Waals surface area contributed by atoms with Crippen molar-refractivity contribution in [1.82, 2.24) is 9.55 Å². The number of imidazole rings is 1. The molecule has 0 amide bonds. The fourth-order valence-electron chi connectivity index (χ4n) is 1.67. The molecule has 92 valence electrons. The first-order valence-corrected chi connectivity index (χ1v) is 6.78. The van der Waals surface area contributed by atoms with Crippen LogP contribution in [-0.4, -0.2) is 23.9 Å². The quantitative estimate of drug-likeness (QED) is 0.795. The Morgan fingerprint density at radius 3 is 2.89 bits per heavy atom. The van der Waals surface area contributed by atoms with Crippen LogP contribution in [0.4, 0.5) is 5.69 Å². The van der Waals surface area contributed by atoms with E-state index in [9.17, 15) is 8.42 Å². The van der Waals surface area contributed by atoms with Crippen LogP contribution >= 0.6 is 11.6 Å². The van der Waals surface area contributed by atoms with E-state index in [1.54, 1.807) is 18.3 Å². The minimum atomic E-state index is -3.80. The molecule has 0 aliphatic carbocycles. The summed E-state index contributed by atoms with van der Waals surface area (Å²) in [7, 11) is -3.80. The monoisotopic (exact) mass is 282 g/mol. The highest BCUT2D eigenvalue weighted by atomic mass is 35.5. The Bertz CT molecular complexity index is 737. The second-order valence-corrected chi connectivity index (χ2v) is 5.55. The molecule has 2 heterocycles. The summed E-state index contributed by atoms with van der Waals surface area (Å²) in [6, 6.07) is 4.81. The van der Waals surface area contributed by atoms with E-state index in [1.165, 1.54) is 23.2 Å². The summed E-state index contributed by atoms with van der Waals surface area (Å²) in [5, 5.41) is 3.05. The first-order valence-electron chi connectivity index (χ1n) is 4.97. The number of fused-ring (bicyclic) bond motifs is 1. The van der Waals surface area contributed by atoms with Crippen LogP contribution < -0.4 is 5.32 Å². The number of benzene rings is 1. The predicted octanol–water partition coefficient (Wildman–Crippen LogP) is 1.55. The van der Waals surface area contributed by atoms with Crippen molar-refractivity contribution in [2.24, 2.45) is 4.40 Å². The highest BCUT2D eigenvalue weighted by molar-refractivity contribution is 7.90. The number of hydrogen-bond acceptors (Lipinski definition) is 4. The van der Waals surface area contributed by atoms with Crippen LogP contribution in [0.1, 0.15) is 0 Å². The van der Waals surface area contributed by atoms with Crippen molar-refractivity contribution in [2.75, 3.05) is 5.32 Å². The van der Waals surface area contributed by atoms with Gasteiger partial charge in [-0.1, -0.05) is 17.7 Å². The van der Waals surface area contributed by atoms with Gasteiger partial charge in [-0.05, 0) is 12.1 Å². The van der Waals surface area contributed by atoms with E-state index in [4.69, 9.17) is 11.6 Å². The molecule has 0 saturated carbocycles. The van der Waals surface area contributed by atoms with E-state index >= 15 is 0 Å². The second-order valence-electron chi connectivity index (χ2n) is 3.60. The first kappa shape index (κ1) is 11.2. The zero-order chi connectivity index (χ0) is 12.8. The zero-order valence-electron chi connectivity index (χ0n) is 8.91. The molecule has 1 N–H and O–H groups in total. The normalized spacial score (nSPS) is 16.6. The Hall–Kier alpha value is -1.86. The van der Waals surface area contributed by atoms with E-state index in [-0.39, 0.29) is 15.9 Å². The summed E-state index contributed by atoms with van der Waals surface area (Å²) in [5.41, 5.74) is 0.404. The molecule has 0 bridgehead atoms. The lowest BCUT2D eigenvalue weighted by molar-refractivity contribution is 0.597. The van der Waals surface area contributed by atoms with Crippen molar-refractivity contribution >= 4 is 33.3 Å². The fourth-order valence-corrected chi connectivity index (χ4v) is 3.31. The van der Waals surface area contributed by atoms with Crippen LogP contribution in [-0.2, 0) is 10.0 Å². The minimum Gasteiger partial charge on any atom is -0.323 e. The SMILES string of the molecule is O=S1(=O)N=C(n2ccnc2)Nc2cccc(Cl)c21. The summed E-state index contributed by atoms with van der Waals surface area (Å²) < 4.78 is 29.3. The Labute approximate surface area is 108 Å². The van der Waals surface area contributed by atoms with Crippen molar-refractivity contribution in [1.29, 1.82) is 0 Å². The average molecular weight is 283 g/mol. The number of hydrogen-bond donors (Lipinski definition) is 1. The molecule has 0 radical (unpaired) electrons. The summed E-state index contributed by atoms with van der Waals surface area (Å²) in [4.78, 5) is 3.84. The highest BCUT2D eigenvalue weighted by Gasteiger charge is 2.27. The Balaban J connectivity index is 2.21. The number of sulfonamides is 1. The molecule has 3 rings (SSSR count). The van der Waals surface area contributed by atoms with Gasteiger partial charge in [-0.25, -0.2) is 4.98 Å². The van der Waals surface area contributed by atoms with Gasteiger partial charge in [-0.15, -0.1) is 4.40 Å². The number of rotatable bonds is 0. The number of aromatic nitrogens is 2. The second kappa shape index (κ2) is 3.82. The molecule has 0 spiro atoms. The van der Waals surface area contributed by atoms with E-state index in [0.717, 1.165) is 0 Å². The van der Waals surface area contributed by atoms with Gasteiger partial charge in [0, 0.05) is 12.4 Å². The van der Waals surface area contributed by atoms with Gasteiger partial charge in [0.25, 0.3) is 10.0 Å². The van der Waals surface area contributed by atoms with Crippen molar-refractivity contribution in [3.63, 3.8) is 0 Å². The third-order valence-electron chi connectivity index (χ3n) is 2.43. The molecule has 0 unspecified atom stereocenters. The first-order chi connectivity index (χ1) is 8.58. The van der Waals surface area contributed by atoms with Crippen LogP contribution in [0.3, 0.4) is 0 Å².